The van der Waals surface area contributed by atoms with E-state index in [0.717, 1.165) is 23.8 Å². The molecule has 2 aromatic rings. The van der Waals surface area contributed by atoms with Crippen LogP contribution in [0.2, 0.25) is 18.1 Å². The lowest BCUT2D eigenvalue weighted by Gasteiger charge is -2.47. The smallest absolute Gasteiger partial charge is 0.195 e. The highest BCUT2D eigenvalue weighted by atomic mass is 28.4. The number of hydrogen-bond acceptors (Lipinski definition) is 4. The fraction of sp³-hybridized carbons (Fsp3) is 0.480. The van der Waals surface area contributed by atoms with Crippen LogP contribution in [-0.2, 0) is 9.16 Å². The zero-order valence-electron chi connectivity index (χ0n) is 19.3. The van der Waals surface area contributed by atoms with Gasteiger partial charge in [0.15, 0.2) is 14.2 Å². The standard InChI is InChI=1S/C25H35NO3Si/c1-8-21-23(28-24(21)26-19-14-16-20(27-5)17-15-19)22(18-12-10-9-11-13-18)29-30(6,7)25(2,3)4/h9-17,21-23H,8H2,1-7H3/t21-,22-,23-/m0/s1. The molecule has 0 unspecified atom stereocenters. The Hall–Kier alpha value is -2.11. The molecule has 1 fully saturated rings. The van der Waals surface area contributed by atoms with Crippen molar-refractivity contribution < 1.29 is 13.9 Å². The Morgan fingerprint density at radius 1 is 1.03 bits per heavy atom. The Bertz CT molecular complexity index is 856. The third kappa shape index (κ3) is 4.78. The molecule has 2 aromatic carbocycles. The van der Waals surface area contributed by atoms with Gasteiger partial charge in [-0.25, -0.2) is 4.99 Å². The van der Waals surface area contributed by atoms with Gasteiger partial charge in [-0.15, -0.1) is 0 Å². The summed E-state index contributed by atoms with van der Waals surface area (Å²) in [6.07, 6.45) is 0.847. The average molecular weight is 426 g/mol. The van der Waals surface area contributed by atoms with Crippen LogP contribution < -0.4 is 4.74 Å². The Balaban J connectivity index is 1.86. The molecule has 0 spiro atoms. The van der Waals surface area contributed by atoms with Crippen LogP contribution >= 0.6 is 0 Å². The molecular formula is C25H35NO3Si. The molecule has 5 heteroatoms. The topological polar surface area (TPSA) is 40.0 Å². The Labute approximate surface area is 182 Å². The molecule has 1 heterocycles. The van der Waals surface area contributed by atoms with Gasteiger partial charge in [-0.1, -0.05) is 58.0 Å². The number of hydrogen-bond donors (Lipinski definition) is 0. The number of aliphatic imine (C=N–C) groups is 1. The maximum Gasteiger partial charge on any atom is 0.195 e. The zero-order valence-corrected chi connectivity index (χ0v) is 20.3. The van der Waals surface area contributed by atoms with Gasteiger partial charge >= 0.3 is 0 Å². The summed E-state index contributed by atoms with van der Waals surface area (Å²) < 4.78 is 18.4. The van der Waals surface area contributed by atoms with Crippen LogP contribution in [-0.4, -0.2) is 27.4 Å². The number of nitrogens with zero attached hydrogens (tertiary/aromatic N) is 1. The first-order valence-electron chi connectivity index (χ1n) is 10.8. The lowest BCUT2D eigenvalue weighted by Crippen LogP contribution is -2.52. The van der Waals surface area contributed by atoms with Gasteiger partial charge in [0.1, 0.15) is 18.0 Å². The summed E-state index contributed by atoms with van der Waals surface area (Å²) in [7, 11) is -0.312. The van der Waals surface area contributed by atoms with Crippen LogP contribution in [0.1, 0.15) is 45.8 Å². The van der Waals surface area contributed by atoms with Gasteiger partial charge in [0.25, 0.3) is 0 Å². The molecule has 0 aromatic heterocycles. The van der Waals surface area contributed by atoms with Crippen molar-refractivity contribution >= 4 is 19.9 Å². The number of methoxy groups -OCH3 is 1. The molecule has 162 valence electrons. The molecule has 3 rings (SSSR count). The molecule has 4 nitrogen and oxygen atoms in total. The Kier molecular flexibility index (Phi) is 6.73. The molecule has 1 saturated heterocycles. The van der Waals surface area contributed by atoms with E-state index in [9.17, 15) is 0 Å². The largest absolute Gasteiger partial charge is 0.497 e. The molecule has 1 aliphatic heterocycles. The maximum atomic E-state index is 6.90. The van der Waals surface area contributed by atoms with Crippen LogP contribution in [0.5, 0.6) is 5.75 Å². The van der Waals surface area contributed by atoms with Gasteiger partial charge < -0.3 is 13.9 Å². The summed E-state index contributed by atoms with van der Waals surface area (Å²) >= 11 is 0. The molecule has 0 N–H and O–H groups in total. The summed E-state index contributed by atoms with van der Waals surface area (Å²) in [5.41, 5.74) is 2.05. The molecule has 0 saturated carbocycles. The summed E-state index contributed by atoms with van der Waals surface area (Å²) in [5, 5.41) is 0.130. The van der Waals surface area contributed by atoms with E-state index < -0.39 is 8.32 Å². The normalized spacial score (nSPS) is 21.6. The van der Waals surface area contributed by atoms with Crippen molar-refractivity contribution in [3.05, 3.63) is 60.2 Å². The van der Waals surface area contributed by atoms with Gasteiger partial charge in [-0.05, 0) is 54.4 Å². The molecular weight excluding hydrogens is 390 g/mol. The van der Waals surface area contributed by atoms with Gasteiger partial charge in [-0.3, -0.25) is 0 Å². The van der Waals surface area contributed by atoms with Crippen molar-refractivity contribution in [2.45, 2.75) is 64.5 Å². The first kappa shape index (κ1) is 22.6. The Morgan fingerprint density at radius 3 is 2.20 bits per heavy atom. The third-order valence-corrected chi connectivity index (χ3v) is 10.8. The van der Waals surface area contributed by atoms with Crippen molar-refractivity contribution in [2.24, 2.45) is 10.9 Å². The van der Waals surface area contributed by atoms with E-state index in [2.05, 4.69) is 65.1 Å². The van der Waals surface area contributed by atoms with Crippen molar-refractivity contribution in [3.8, 4) is 5.75 Å². The van der Waals surface area contributed by atoms with Crippen molar-refractivity contribution in [3.63, 3.8) is 0 Å². The molecule has 0 radical (unpaired) electrons. The summed E-state index contributed by atoms with van der Waals surface area (Å²) in [4.78, 5) is 4.76. The highest BCUT2D eigenvalue weighted by Crippen LogP contribution is 2.45. The highest BCUT2D eigenvalue weighted by molar-refractivity contribution is 6.74. The fourth-order valence-corrected chi connectivity index (χ4v) is 4.67. The van der Waals surface area contributed by atoms with Crippen LogP contribution in [0.4, 0.5) is 5.69 Å². The van der Waals surface area contributed by atoms with Gasteiger partial charge in [0, 0.05) is 0 Å². The minimum atomic E-state index is -1.98. The molecule has 3 atom stereocenters. The number of rotatable bonds is 7. The van der Waals surface area contributed by atoms with Crippen molar-refractivity contribution in [1.82, 2.24) is 0 Å². The maximum absolute atomic E-state index is 6.90. The summed E-state index contributed by atoms with van der Waals surface area (Å²) in [5.74, 6) is 1.86. The second kappa shape index (κ2) is 8.94. The predicted octanol–water partition coefficient (Wildman–Crippen LogP) is 6.91. The SMILES string of the molecule is CC[C@@H]1C(=Nc2ccc(OC)cc2)O[C@@H]1[C@@H](O[Si](C)(C)C(C)(C)C)c1ccccc1. The van der Waals surface area contributed by atoms with E-state index in [1.165, 1.54) is 5.56 Å². The van der Waals surface area contributed by atoms with Crippen LogP contribution in [0.3, 0.4) is 0 Å². The minimum absolute atomic E-state index is 0.0245. The van der Waals surface area contributed by atoms with Gasteiger partial charge in [-0.2, -0.15) is 0 Å². The van der Waals surface area contributed by atoms with Gasteiger partial charge in [0.05, 0.1) is 18.7 Å². The first-order chi connectivity index (χ1) is 14.2. The molecule has 0 bridgehead atoms. The predicted molar refractivity (Wildman–Crippen MR) is 126 cm³/mol. The van der Waals surface area contributed by atoms with Crippen LogP contribution in [0, 0.1) is 5.92 Å². The fourth-order valence-electron chi connectivity index (χ4n) is 3.41. The molecule has 0 amide bonds. The number of ether oxygens (including phenoxy) is 2. The van der Waals surface area contributed by atoms with Crippen molar-refractivity contribution in [2.75, 3.05) is 7.11 Å². The summed E-state index contributed by atoms with van der Waals surface area (Å²) in [6.45, 7) is 13.6. The van der Waals surface area contributed by atoms with Crippen molar-refractivity contribution in [1.29, 1.82) is 0 Å². The summed E-state index contributed by atoms with van der Waals surface area (Å²) in [6, 6.07) is 18.2. The molecule has 0 aliphatic carbocycles. The van der Waals surface area contributed by atoms with E-state index >= 15 is 0 Å². The second-order valence-electron chi connectivity index (χ2n) is 9.45. The molecule has 1 aliphatic rings. The monoisotopic (exact) mass is 425 g/mol. The van der Waals surface area contributed by atoms with E-state index in [4.69, 9.17) is 18.9 Å². The third-order valence-electron chi connectivity index (χ3n) is 6.38. The Morgan fingerprint density at radius 2 is 1.67 bits per heavy atom. The van der Waals surface area contributed by atoms with Crippen LogP contribution in [0.15, 0.2) is 59.6 Å². The molecule has 30 heavy (non-hydrogen) atoms. The van der Waals surface area contributed by atoms with Gasteiger partial charge in [0.2, 0.25) is 0 Å². The lowest BCUT2D eigenvalue weighted by atomic mass is 9.86. The number of benzene rings is 2. The van der Waals surface area contributed by atoms with E-state index in [1.807, 2.05) is 30.3 Å². The second-order valence-corrected chi connectivity index (χ2v) is 14.2. The minimum Gasteiger partial charge on any atom is -0.497 e. The first-order valence-corrected chi connectivity index (χ1v) is 13.7. The highest BCUT2D eigenvalue weighted by Gasteiger charge is 2.49. The zero-order chi connectivity index (χ0) is 21.9. The average Bonchev–Trinajstić information content (AvgIpc) is 2.70. The van der Waals surface area contributed by atoms with E-state index in [0.29, 0.717) is 0 Å². The van der Waals surface area contributed by atoms with Crippen LogP contribution in [0.25, 0.3) is 0 Å². The quantitative estimate of drug-likeness (QED) is 0.452. The lowest BCUT2D eigenvalue weighted by molar-refractivity contribution is -0.0423. The van der Waals surface area contributed by atoms with E-state index in [1.54, 1.807) is 7.11 Å². The van der Waals surface area contributed by atoms with E-state index in [-0.39, 0.29) is 23.2 Å².